The summed E-state index contributed by atoms with van der Waals surface area (Å²) in [6.07, 6.45) is 1.44. The molecule has 1 aliphatic rings. The summed E-state index contributed by atoms with van der Waals surface area (Å²) in [4.78, 5) is 2.25. The third kappa shape index (κ3) is 3.13. The molecule has 0 saturated carbocycles. The molecule has 2 N–H and O–H groups in total. The van der Waals surface area contributed by atoms with Crippen molar-refractivity contribution >= 4 is 11.4 Å². The minimum atomic E-state index is 0.122. The summed E-state index contributed by atoms with van der Waals surface area (Å²) in [6, 6.07) is 6.37. The maximum absolute atomic E-state index is 5.95. The summed E-state index contributed by atoms with van der Waals surface area (Å²) >= 11 is 0. The zero-order valence-electron chi connectivity index (χ0n) is 12.2. The molecule has 19 heavy (non-hydrogen) atoms. The normalized spacial score (nSPS) is 22.8. The van der Waals surface area contributed by atoms with Crippen LogP contribution in [0.15, 0.2) is 18.2 Å². The van der Waals surface area contributed by atoms with Gasteiger partial charge in [0.25, 0.3) is 0 Å². The number of nitrogens with zero attached hydrogens (tertiary/aromatic N) is 1. The third-order valence-corrected chi connectivity index (χ3v) is 3.60. The molecule has 1 aliphatic heterocycles. The predicted molar refractivity (Wildman–Crippen MR) is 78.8 cm³/mol. The van der Waals surface area contributed by atoms with Crippen LogP contribution in [-0.2, 0) is 4.74 Å². The molecule has 0 aromatic heterocycles. The highest BCUT2D eigenvalue weighted by Gasteiger charge is 2.28. The molecule has 0 radical (unpaired) electrons. The molecule has 106 valence electrons. The second-order valence-electron chi connectivity index (χ2n) is 5.43. The Morgan fingerprint density at radius 3 is 2.74 bits per heavy atom. The second-order valence-corrected chi connectivity index (χ2v) is 5.43. The number of anilines is 2. The standard InChI is InChI=1S/C15H24N2O2/c1-10(2)19-15-9-12(5-6-13(15)16)17(4)14-7-8-18-11(14)3/h5-6,9-11,14H,7-8,16H2,1-4H3. The van der Waals surface area contributed by atoms with Crippen molar-refractivity contribution in [3.05, 3.63) is 18.2 Å². The molecule has 0 bridgehead atoms. The Kier molecular flexibility index (Phi) is 4.20. The van der Waals surface area contributed by atoms with Gasteiger partial charge < -0.3 is 20.1 Å². The van der Waals surface area contributed by atoms with Crippen molar-refractivity contribution < 1.29 is 9.47 Å². The van der Waals surface area contributed by atoms with E-state index in [4.69, 9.17) is 15.2 Å². The van der Waals surface area contributed by atoms with E-state index in [1.807, 2.05) is 32.0 Å². The smallest absolute Gasteiger partial charge is 0.144 e. The summed E-state index contributed by atoms with van der Waals surface area (Å²) in [5.74, 6) is 0.755. The molecule has 1 saturated heterocycles. The predicted octanol–water partition coefficient (Wildman–Crippen LogP) is 2.67. The van der Waals surface area contributed by atoms with Crippen molar-refractivity contribution in [3.63, 3.8) is 0 Å². The van der Waals surface area contributed by atoms with E-state index >= 15 is 0 Å². The fraction of sp³-hybridized carbons (Fsp3) is 0.600. The topological polar surface area (TPSA) is 47.7 Å². The Balaban J connectivity index is 2.19. The van der Waals surface area contributed by atoms with Gasteiger partial charge in [-0.15, -0.1) is 0 Å². The van der Waals surface area contributed by atoms with Gasteiger partial charge in [0, 0.05) is 25.4 Å². The molecule has 1 aromatic rings. The molecule has 4 heteroatoms. The highest BCUT2D eigenvalue weighted by molar-refractivity contribution is 5.62. The monoisotopic (exact) mass is 264 g/mol. The summed E-state index contributed by atoms with van der Waals surface area (Å²) in [5.41, 5.74) is 7.75. The van der Waals surface area contributed by atoms with Crippen LogP contribution in [0, 0.1) is 0 Å². The Hall–Kier alpha value is -1.42. The van der Waals surface area contributed by atoms with Gasteiger partial charge in [0.1, 0.15) is 5.75 Å². The van der Waals surface area contributed by atoms with E-state index in [0.717, 1.165) is 24.5 Å². The Bertz CT molecular complexity index is 434. The van der Waals surface area contributed by atoms with Crippen LogP contribution >= 0.6 is 0 Å². The van der Waals surface area contributed by atoms with Crippen molar-refractivity contribution in [1.82, 2.24) is 0 Å². The molecule has 1 aromatic carbocycles. The molecule has 4 nitrogen and oxygen atoms in total. The fourth-order valence-corrected chi connectivity index (χ4v) is 2.52. The van der Waals surface area contributed by atoms with Crippen LogP contribution in [0.2, 0.25) is 0 Å². The largest absolute Gasteiger partial charge is 0.489 e. The van der Waals surface area contributed by atoms with Crippen LogP contribution in [-0.4, -0.2) is 31.9 Å². The van der Waals surface area contributed by atoms with Gasteiger partial charge in [0.2, 0.25) is 0 Å². The number of likely N-dealkylation sites (N-methyl/N-ethyl adjacent to an activating group) is 1. The minimum absolute atomic E-state index is 0.122. The van der Waals surface area contributed by atoms with Gasteiger partial charge in [0.05, 0.1) is 23.9 Å². The second kappa shape index (κ2) is 5.70. The van der Waals surface area contributed by atoms with Gasteiger partial charge in [-0.05, 0) is 39.3 Å². The average molecular weight is 264 g/mol. The van der Waals surface area contributed by atoms with E-state index in [1.54, 1.807) is 0 Å². The lowest BCUT2D eigenvalue weighted by Gasteiger charge is -2.29. The van der Waals surface area contributed by atoms with Crippen molar-refractivity contribution in [3.8, 4) is 5.75 Å². The van der Waals surface area contributed by atoms with E-state index in [2.05, 4.69) is 18.9 Å². The minimum Gasteiger partial charge on any atom is -0.489 e. The number of hydrogen-bond donors (Lipinski definition) is 1. The SMILES string of the molecule is CC(C)Oc1cc(N(C)C2CCOC2C)ccc1N. The van der Waals surface area contributed by atoms with Crippen molar-refractivity contribution in [2.75, 3.05) is 24.3 Å². The summed E-state index contributed by atoms with van der Waals surface area (Å²) in [6.45, 7) is 6.96. The molecule has 1 heterocycles. The molecule has 0 spiro atoms. The van der Waals surface area contributed by atoms with Gasteiger partial charge in [-0.3, -0.25) is 0 Å². The highest BCUT2D eigenvalue weighted by atomic mass is 16.5. The first-order valence-corrected chi connectivity index (χ1v) is 6.89. The quantitative estimate of drug-likeness (QED) is 0.849. The highest BCUT2D eigenvalue weighted by Crippen LogP contribution is 2.31. The van der Waals surface area contributed by atoms with E-state index in [0.29, 0.717) is 11.7 Å². The molecular formula is C15H24N2O2. The van der Waals surface area contributed by atoms with Gasteiger partial charge in [0.15, 0.2) is 0 Å². The number of hydrogen-bond acceptors (Lipinski definition) is 4. The maximum atomic E-state index is 5.95. The number of ether oxygens (including phenoxy) is 2. The lowest BCUT2D eigenvalue weighted by molar-refractivity contribution is 0.118. The first-order valence-electron chi connectivity index (χ1n) is 6.89. The Morgan fingerprint density at radius 2 is 2.16 bits per heavy atom. The van der Waals surface area contributed by atoms with Crippen LogP contribution < -0.4 is 15.4 Å². The third-order valence-electron chi connectivity index (χ3n) is 3.60. The zero-order valence-corrected chi connectivity index (χ0v) is 12.2. The first-order chi connectivity index (χ1) is 8.99. The fourth-order valence-electron chi connectivity index (χ4n) is 2.52. The van der Waals surface area contributed by atoms with Gasteiger partial charge in [-0.1, -0.05) is 0 Å². The van der Waals surface area contributed by atoms with Crippen LogP contribution in [0.1, 0.15) is 27.2 Å². The number of nitrogen functional groups attached to an aromatic ring is 1. The number of nitrogens with two attached hydrogens (primary N) is 1. The zero-order chi connectivity index (χ0) is 14.0. The Labute approximate surface area is 115 Å². The van der Waals surface area contributed by atoms with Crippen molar-refractivity contribution in [2.24, 2.45) is 0 Å². The average Bonchev–Trinajstić information content (AvgIpc) is 2.77. The van der Waals surface area contributed by atoms with E-state index in [9.17, 15) is 0 Å². The van der Waals surface area contributed by atoms with Gasteiger partial charge in [-0.25, -0.2) is 0 Å². The van der Waals surface area contributed by atoms with Crippen molar-refractivity contribution in [2.45, 2.75) is 45.4 Å². The lowest BCUT2D eigenvalue weighted by Crippen LogP contribution is -2.36. The molecule has 2 rings (SSSR count). The van der Waals surface area contributed by atoms with Crippen molar-refractivity contribution in [1.29, 1.82) is 0 Å². The molecule has 2 unspecified atom stereocenters. The molecule has 1 fully saturated rings. The summed E-state index contributed by atoms with van der Waals surface area (Å²) < 4.78 is 11.4. The van der Waals surface area contributed by atoms with E-state index < -0.39 is 0 Å². The first kappa shape index (κ1) is 14.0. The van der Waals surface area contributed by atoms with Crippen LogP contribution in [0.5, 0.6) is 5.75 Å². The van der Waals surface area contributed by atoms with Gasteiger partial charge >= 0.3 is 0 Å². The lowest BCUT2D eigenvalue weighted by atomic mass is 10.1. The van der Waals surface area contributed by atoms with Crippen LogP contribution in [0.3, 0.4) is 0 Å². The molecular weight excluding hydrogens is 240 g/mol. The van der Waals surface area contributed by atoms with E-state index in [1.165, 1.54) is 0 Å². The number of rotatable bonds is 4. The van der Waals surface area contributed by atoms with Crippen LogP contribution in [0.25, 0.3) is 0 Å². The Morgan fingerprint density at radius 1 is 1.42 bits per heavy atom. The maximum Gasteiger partial charge on any atom is 0.144 e. The van der Waals surface area contributed by atoms with E-state index in [-0.39, 0.29) is 12.2 Å². The summed E-state index contributed by atoms with van der Waals surface area (Å²) in [7, 11) is 2.10. The molecule has 2 atom stereocenters. The summed E-state index contributed by atoms with van der Waals surface area (Å²) in [5, 5.41) is 0. The molecule has 0 amide bonds. The van der Waals surface area contributed by atoms with Gasteiger partial charge in [-0.2, -0.15) is 0 Å². The van der Waals surface area contributed by atoms with Crippen LogP contribution in [0.4, 0.5) is 11.4 Å². The number of benzene rings is 1. The molecule has 0 aliphatic carbocycles.